The van der Waals surface area contributed by atoms with E-state index in [1.54, 1.807) is 12.1 Å². The van der Waals surface area contributed by atoms with Gasteiger partial charge in [-0.3, -0.25) is 4.79 Å². The number of ether oxygens (including phenoxy) is 3. The predicted molar refractivity (Wildman–Crippen MR) is 65.3 cm³/mol. The molecule has 19 heavy (non-hydrogen) atoms. The van der Waals surface area contributed by atoms with Crippen molar-refractivity contribution in [2.45, 2.75) is 19.3 Å². The van der Waals surface area contributed by atoms with Crippen LogP contribution >= 0.6 is 0 Å². The van der Waals surface area contributed by atoms with Crippen molar-refractivity contribution in [3.63, 3.8) is 0 Å². The van der Waals surface area contributed by atoms with Crippen molar-refractivity contribution < 1.29 is 19.0 Å². The van der Waals surface area contributed by atoms with Gasteiger partial charge in [-0.2, -0.15) is 5.26 Å². The molecule has 0 bridgehead atoms. The second kappa shape index (κ2) is 4.47. The van der Waals surface area contributed by atoms with Gasteiger partial charge in [0.15, 0.2) is 17.8 Å². The summed E-state index contributed by atoms with van der Waals surface area (Å²) in [6, 6.07) is 5.48. The number of carbonyl (C=O) groups excluding carboxylic acids is 1. The van der Waals surface area contributed by atoms with Gasteiger partial charge in [0.05, 0.1) is 18.2 Å². The lowest BCUT2D eigenvalue weighted by Gasteiger charge is -2.14. The van der Waals surface area contributed by atoms with Gasteiger partial charge in [-0.1, -0.05) is 0 Å². The monoisotopic (exact) mass is 259 g/mol. The van der Waals surface area contributed by atoms with Gasteiger partial charge in [-0.25, -0.2) is 0 Å². The van der Waals surface area contributed by atoms with Gasteiger partial charge in [0.1, 0.15) is 5.75 Å². The van der Waals surface area contributed by atoms with Crippen LogP contribution in [0.4, 0.5) is 0 Å². The Hall–Kier alpha value is -2.22. The predicted octanol–water partition coefficient (Wildman–Crippen LogP) is 2.30. The van der Waals surface area contributed by atoms with Crippen LogP contribution in [0, 0.1) is 16.7 Å². The first-order valence-corrected chi connectivity index (χ1v) is 6.15. The number of carbonyl (C=O) groups is 1. The second-order valence-corrected chi connectivity index (χ2v) is 4.98. The van der Waals surface area contributed by atoms with Crippen LogP contribution in [0.5, 0.6) is 17.2 Å². The highest BCUT2D eigenvalue weighted by Gasteiger charge is 2.43. The Morgan fingerprint density at radius 1 is 1.37 bits per heavy atom. The average Bonchev–Trinajstić information content (AvgIpc) is 3.03. The van der Waals surface area contributed by atoms with Crippen molar-refractivity contribution in [1.82, 2.24) is 0 Å². The Morgan fingerprint density at radius 3 is 2.74 bits per heavy atom. The van der Waals surface area contributed by atoms with Gasteiger partial charge in [-0.15, -0.1) is 0 Å². The molecule has 1 aromatic carbocycles. The Morgan fingerprint density at radius 2 is 2.11 bits per heavy atom. The minimum atomic E-state index is -0.0225. The van der Waals surface area contributed by atoms with Gasteiger partial charge in [0.25, 0.3) is 0 Å². The van der Waals surface area contributed by atoms with E-state index < -0.39 is 0 Å². The Bertz CT molecular complexity index is 557. The molecule has 5 nitrogen and oxygen atoms in total. The number of nitriles is 1. The first kappa shape index (κ1) is 11.8. The average molecular weight is 259 g/mol. The number of nitrogens with zero attached hydrogens (tertiary/aromatic N) is 1. The summed E-state index contributed by atoms with van der Waals surface area (Å²) in [7, 11) is 0. The molecule has 98 valence electrons. The molecule has 1 saturated carbocycles. The molecule has 1 fully saturated rings. The maximum absolute atomic E-state index is 11.1. The number of rotatable bonds is 5. The van der Waals surface area contributed by atoms with E-state index in [0.717, 1.165) is 19.1 Å². The van der Waals surface area contributed by atoms with Crippen molar-refractivity contribution in [3.8, 4) is 23.3 Å². The molecule has 2 aliphatic rings. The fourth-order valence-corrected chi connectivity index (χ4v) is 2.10. The summed E-state index contributed by atoms with van der Waals surface area (Å²) in [6.07, 6.45) is 3.23. The van der Waals surface area contributed by atoms with E-state index in [2.05, 4.69) is 6.07 Å². The highest BCUT2D eigenvalue weighted by Crippen LogP contribution is 2.49. The number of aldehydes is 1. The van der Waals surface area contributed by atoms with Gasteiger partial charge in [-0.05, 0) is 18.9 Å². The SMILES string of the molecule is N#CCC1(COc2cc3c(cc2C=O)OCO3)CC1. The van der Waals surface area contributed by atoms with E-state index in [4.69, 9.17) is 19.5 Å². The fraction of sp³-hybridized carbons (Fsp3) is 0.429. The molecule has 0 atom stereocenters. The Balaban J connectivity index is 1.77. The Kier molecular flexibility index (Phi) is 2.79. The molecule has 0 amide bonds. The number of fused-ring (bicyclic) bond motifs is 1. The molecule has 1 aliphatic carbocycles. The minimum Gasteiger partial charge on any atom is -0.492 e. The van der Waals surface area contributed by atoms with E-state index in [9.17, 15) is 4.79 Å². The summed E-state index contributed by atoms with van der Waals surface area (Å²) in [5, 5.41) is 8.77. The third-order valence-electron chi connectivity index (χ3n) is 3.58. The molecule has 1 aromatic rings. The smallest absolute Gasteiger partial charge is 0.231 e. The van der Waals surface area contributed by atoms with Crippen molar-refractivity contribution in [3.05, 3.63) is 17.7 Å². The summed E-state index contributed by atoms with van der Waals surface area (Å²) in [4.78, 5) is 11.1. The van der Waals surface area contributed by atoms with Crippen LogP contribution in [-0.4, -0.2) is 19.7 Å². The lowest BCUT2D eigenvalue weighted by atomic mass is 10.1. The molecule has 0 aromatic heterocycles. The first-order chi connectivity index (χ1) is 9.26. The summed E-state index contributed by atoms with van der Waals surface area (Å²) in [5.74, 6) is 1.64. The zero-order valence-electron chi connectivity index (χ0n) is 10.3. The van der Waals surface area contributed by atoms with Crippen LogP contribution in [0.3, 0.4) is 0 Å². The van der Waals surface area contributed by atoms with Crippen LogP contribution in [0.1, 0.15) is 29.6 Å². The summed E-state index contributed by atoms with van der Waals surface area (Å²) >= 11 is 0. The van der Waals surface area contributed by atoms with Crippen LogP contribution in [0.15, 0.2) is 12.1 Å². The fourth-order valence-electron chi connectivity index (χ4n) is 2.10. The number of benzene rings is 1. The molecule has 0 unspecified atom stereocenters. The van der Waals surface area contributed by atoms with Gasteiger partial charge in [0, 0.05) is 17.9 Å². The summed E-state index contributed by atoms with van der Waals surface area (Å²) < 4.78 is 16.2. The normalized spacial score (nSPS) is 17.6. The van der Waals surface area contributed by atoms with Gasteiger partial charge in [0.2, 0.25) is 6.79 Å². The second-order valence-electron chi connectivity index (χ2n) is 4.98. The van der Waals surface area contributed by atoms with Crippen LogP contribution in [-0.2, 0) is 0 Å². The molecule has 5 heteroatoms. The highest BCUT2D eigenvalue weighted by molar-refractivity contribution is 5.81. The maximum atomic E-state index is 11.1. The van der Waals surface area contributed by atoms with Gasteiger partial charge < -0.3 is 14.2 Å². The molecule has 1 heterocycles. The van der Waals surface area contributed by atoms with E-state index >= 15 is 0 Å². The van der Waals surface area contributed by atoms with Crippen LogP contribution in [0.25, 0.3) is 0 Å². The number of hydrogen-bond acceptors (Lipinski definition) is 5. The van der Waals surface area contributed by atoms with E-state index in [1.807, 2.05) is 0 Å². The molecule has 0 saturated heterocycles. The maximum Gasteiger partial charge on any atom is 0.231 e. The molecule has 0 spiro atoms. The lowest BCUT2D eigenvalue weighted by Crippen LogP contribution is -2.13. The van der Waals surface area contributed by atoms with Crippen LogP contribution < -0.4 is 14.2 Å². The van der Waals surface area contributed by atoms with Gasteiger partial charge >= 0.3 is 0 Å². The minimum absolute atomic E-state index is 0.0225. The molecule has 1 aliphatic heterocycles. The van der Waals surface area contributed by atoms with E-state index in [-0.39, 0.29) is 12.2 Å². The third-order valence-corrected chi connectivity index (χ3v) is 3.58. The zero-order valence-corrected chi connectivity index (χ0v) is 10.3. The largest absolute Gasteiger partial charge is 0.492 e. The topological polar surface area (TPSA) is 68.5 Å². The van der Waals surface area contributed by atoms with E-state index in [1.165, 1.54) is 0 Å². The van der Waals surface area contributed by atoms with Crippen molar-refractivity contribution >= 4 is 6.29 Å². The molecular formula is C14H13NO4. The molecule has 3 rings (SSSR count). The zero-order chi connectivity index (χ0) is 13.3. The van der Waals surface area contributed by atoms with Crippen molar-refractivity contribution in [1.29, 1.82) is 5.26 Å². The van der Waals surface area contributed by atoms with E-state index in [0.29, 0.717) is 35.8 Å². The van der Waals surface area contributed by atoms with Crippen molar-refractivity contribution in [2.75, 3.05) is 13.4 Å². The lowest BCUT2D eigenvalue weighted by molar-refractivity contribution is 0.111. The standard InChI is InChI=1S/C14H13NO4/c15-4-3-14(1-2-14)8-17-11-6-13-12(18-9-19-13)5-10(11)7-16/h5-7H,1-3,8-9H2. The molecular weight excluding hydrogens is 246 g/mol. The highest BCUT2D eigenvalue weighted by atomic mass is 16.7. The van der Waals surface area contributed by atoms with Crippen LogP contribution in [0.2, 0.25) is 0 Å². The summed E-state index contributed by atoms with van der Waals surface area (Å²) in [6.45, 7) is 0.622. The Labute approximate surface area is 110 Å². The van der Waals surface area contributed by atoms with Crippen molar-refractivity contribution in [2.24, 2.45) is 5.41 Å². The first-order valence-electron chi connectivity index (χ1n) is 6.15. The quantitative estimate of drug-likeness (QED) is 0.759. The number of hydrogen-bond donors (Lipinski definition) is 0. The summed E-state index contributed by atoms with van der Waals surface area (Å²) in [5.41, 5.74) is 0.419. The molecule has 0 N–H and O–H groups in total. The molecule has 0 radical (unpaired) electrons. The third kappa shape index (κ3) is 2.22.